The number of halogens is 2. The molecule has 0 saturated carbocycles. The maximum atomic E-state index is 11.5. The van der Waals surface area contributed by atoms with Gasteiger partial charge in [-0.15, -0.1) is 0 Å². The molecule has 6 heteroatoms. The van der Waals surface area contributed by atoms with E-state index in [0.29, 0.717) is 15.7 Å². The van der Waals surface area contributed by atoms with Crippen LogP contribution in [0.5, 0.6) is 0 Å². The highest BCUT2D eigenvalue weighted by molar-refractivity contribution is 6.42. The summed E-state index contributed by atoms with van der Waals surface area (Å²) >= 11 is 11.6. The van der Waals surface area contributed by atoms with E-state index < -0.39 is 11.2 Å². The van der Waals surface area contributed by atoms with Crippen molar-refractivity contribution in [1.29, 1.82) is 0 Å². The Morgan fingerprint density at radius 2 is 1.81 bits per heavy atom. The molecule has 0 atom stereocenters. The summed E-state index contributed by atoms with van der Waals surface area (Å²) < 4.78 is 1.27. The second kappa shape index (κ2) is 4.15. The van der Waals surface area contributed by atoms with Crippen molar-refractivity contribution in [3.63, 3.8) is 0 Å². The van der Waals surface area contributed by atoms with Crippen molar-refractivity contribution in [3.8, 4) is 5.69 Å². The van der Waals surface area contributed by atoms with Crippen molar-refractivity contribution in [2.45, 2.75) is 0 Å². The zero-order chi connectivity index (χ0) is 11.7. The third kappa shape index (κ3) is 2.03. The van der Waals surface area contributed by atoms with E-state index in [1.54, 1.807) is 18.2 Å². The van der Waals surface area contributed by atoms with Crippen molar-refractivity contribution >= 4 is 23.2 Å². The van der Waals surface area contributed by atoms with Gasteiger partial charge in [0.25, 0.3) is 5.56 Å². The van der Waals surface area contributed by atoms with Crippen LogP contribution >= 0.6 is 23.2 Å². The Morgan fingerprint density at radius 1 is 1.06 bits per heavy atom. The molecule has 2 rings (SSSR count). The number of hydrogen-bond acceptors (Lipinski definition) is 2. The number of aromatic nitrogens is 2. The van der Waals surface area contributed by atoms with Gasteiger partial charge in [0, 0.05) is 12.3 Å². The molecule has 0 unspecified atom stereocenters. The molecular weight excluding hydrogens is 251 g/mol. The van der Waals surface area contributed by atoms with Crippen molar-refractivity contribution in [2.75, 3.05) is 0 Å². The molecule has 0 fully saturated rings. The Bertz CT molecular complexity index is 646. The fourth-order valence-corrected chi connectivity index (χ4v) is 1.55. The number of benzene rings is 1. The van der Waals surface area contributed by atoms with E-state index in [9.17, 15) is 9.59 Å². The number of H-pyrrole nitrogens is 1. The Balaban J connectivity index is 2.63. The molecule has 2 aromatic rings. The summed E-state index contributed by atoms with van der Waals surface area (Å²) in [5, 5.41) is 0.750. The van der Waals surface area contributed by atoms with Gasteiger partial charge in [0.1, 0.15) is 0 Å². The summed E-state index contributed by atoms with van der Waals surface area (Å²) in [5.74, 6) is 0. The minimum atomic E-state index is -0.522. The van der Waals surface area contributed by atoms with Crippen LogP contribution in [0.25, 0.3) is 5.69 Å². The number of aromatic amines is 1. The molecule has 4 nitrogen and oxygen atoms in total. The molecule has 0 radical (unpaired) electrons. The van der Waals surface area contributed by atoms with Crippen LogP contribution in [0.3, 0.4) is 0 Å². The summed E-state index contributed by atoms with van der Waals surface area (Å²) in [6.45, 7) is 0. The van der Waals surface area contributed by atoms with Crippen LogP contribution in [0, 0.1) is 0 Å². The lowest BCUT2D eigenvalue weighted by Crippen LogP contribution is -2.27. The van der Waals surface area contributed by atoms with Crippen molar-refractivity contribution < 1.29 is 0 Å². The van der Waals surface area contributed by atoms with Gasteiger partial charge < -0.3 is 0 Å². The molecule has 0 saturated heterocycles. The highest BCUT2D eigenvalue weighted by Gasteiger charge is 2.03. The van der Waals surface area contributed by atoms with Gasteiger partial charge in [-0.25, -0.2) is 4.79 Å². The summed E-state index contributed by atoms with van der Waals surface area (Å²) in [4.78, 5) is 24.5. The van der Waals surface area contributed by atoms with Crippen LogP contribution in [0.1, 0.15) is 0 Å². The lowest BCUT2D eigenvalue weighted by Gasteiger charge is -2.05. The predicted molar refractivity (Wildman–Crippen MR) is 62.7 cm³/mol. The van der Waals surface area contributed by atoms with Gasteiger partial charge in [-0.3, -0.25) is 14.3 Å². The number of rotatable bonds is 1. The maximum Gasteiger partial charge on any atom is 0.332 e. The van der Waals surface area contributed by atoms with E-state index in [-0.39, 0.29) is 0 Å². The third-order valence-electron chi connectivity index (χ3n) is 2.01. The largest absolute Gasteiger partial charge is 0.332 e. The zero-order valence-corrected chi connectivity index (χ0v) is 9.42. The standard InChI is InChI=1S/C10H6Cl2N2O2/c11-7-2-1-6(5-8(7)12)14-4-3-9(15)13-10(14)16/h1-5H,(H,13,15,16). The van der Waals surface area contributed by atoms with Gasteiger partial charge in [0.05, 0.1) is 15.7 Å². The molecule has 0 spiro atoms. The second-order valence-corrected chi connectivity index (χ2v) is 3.89. The summed E-state index contributed by atoms with van der Waals surface area (Å²) in [7, 11) is 0. The molecule has 0 aliphatic heterocycles. The minimum absolute atomic E-state index is 0.345. The minimum Gasteiger partial charge on any atom is -0.274 e. The second-order valence-electron chi connectivity index (χ2n) is 3.08. The van der Waals surface area contributed by atoms with Crippen LogP contribution < -0.4 is 11.2 Å². The van der Waals surface area contributed by atoms with Crippen LogP contribution in [-0.2, 0) is 0 Å². The third-order valence-corrected chi connectivity index (χ3v) is 2.74. The molecular formula is C10H6Cl2N2O2. The molecule has 1 aromatic heterocycles. The predicted octanol–water partition coefficient (Wildman–Crippen LogP) is 1.83. The van der Waals surface area contributed by atoms with Crippen LogP contribution in [0.4, 0.5) is 0 Å². The van der Waals surface area contributed by atoms with E-state index in [0.717, 1.165) is 0 Å². The van der Waals surface area contributed by atoms with Crippen LogP contribution in [-0.4, -0.2) is 9.55 Å². The molecule has 0 bridgehead atoms. The average Bonchev–Trinajstić information content (AvgIpc) is 2.22. The van der Waals surface area contributed by atoms with Crippen molar-refractivity contribution in [2.24, 2.45) is 0 Å². The number of hydrogen-bond donors (Lipinski definition) is 1. The highest BCUT2D eigenvalue weighted by atomic mass is 35.5. The van der Waals surface area contributed by atoms with Crippen molar-refractivity contribution in [1.82, 2.24) is 9.55 Å². The fourth-order valence-electron chi connectivity index (χ4n) is 1.26. The monoisotopic (exact) mass is 256 g/mol. The van der Waals surface area contributed by atoms with Gasteiger partial charge in [-0.05, 0) is 18.2 Å². The molecule has 0 aliphatic rings. The first-order chi connectivity index (χ1) is 7.58. The van der Waals surface area contributed by atoms with E-state index in [1.807, 2.05) is 0 Å². The Labute approximate surface area is 100 Å². The van der Waals surface area contributed by atoms with Crippen LogP contribution in [0.2, 0.25) is 10.0 Å². The van der Waals surface area contributed by atoms with Gasteiger partial charge in [-0.2, -0.15) is 0 Å². The summed E-state index contributed by atoms with van der Waals surface area (Å²) in [5.41, 5.74) is -0.428. The smallest absolute Gasteiger partial charge is 0.274 e. The first-order valence-corrected chi connectivity index (χ1v) is 5.11. The van der Waals surface area contributed by atoms with Crippen LogP contribution in [0.15, 0.2) is 40.1 Å². The van der Waals surface area contributed by atoms with Crippen molar-refractivity contribution in [3.05, 3.63) is 61.3 Å². The van der Waals surface area contributed by atoms with E-state index >= 15 is 0 Å². The first-order valence-electron chi connectivity index (χ1n) is 4.35. The van der Waals surface area contributed by atoms with E-state index in [2.05, 4.69) is 4.98 Å². The molecule has 1 aromatic carbocycles. The fraction of sp³-hybridized carbons (Fsp3) is 0. The Kier molecular flexibility index (Phi) is 2.85. The van der Waals surface area contributed by atoms with Gasteiger partial charge in [-0.1, -0.05) is 23.2 Å². The molecule has 16 heavy (non-hydrogen) atoms. The normalized spacial score (nSPS) is 10.4. The quantitative estimate of drug-likeness (QED) is 0.847. The summed E-state index contributed by atoms with van der Waals surface area (Å²) in [6.07, 6.45) is 1.38. The molecule has 82 valence electrons. The first kappa shape index (κ1) is 11.0. The van der Waals surface area contributed by atoms with E-state index in [1.165, 1.54) is 16.8 Å². The maximum absolute atomic E-state index is 11.5. The lowest BCUT2D eigenvalue weighted by molar-refractivity contribution is 0.896. The average molecular weight is 257 g/mol. The lowest BCUT2D eigenvalue weighted by atomic mass is 10.3. The molecule has 1 heterocycles. The topological polar surface area (TPSA) is 54.9 Å². The van der Waals surface area contributed by atoms with Gasteiger partial charge in [0.2, 0.25) is 0 Å². The highest BCUT2D eigenvalue weighted by Crippen LogP contribution is 2.23. The molecule has 1 N–H and O–H groups in total. The number of nitrogens with one attached hydrogen (secondary N) is 1. The van der Waals surface area contributed by atoms with Gasteiger partial charge >= 0.3 is 5.69 Å². The van der Waals surface area contributed by atoms with E-state index in [4.69, 9.17) is 23.2 Å². The SMILES string of the molecule is O=c1ccn(-c2ccc(Cl)c(Cl)c2)c(=O)[nH]1. The molecule has 0 amide bonds. The Hall–Kier alpha value is -1.52. The van der Waals surface area contributed by atoms with Gasteiger partial charge in [0.15, 0.2) is 0 Å². The zero-order valence-electron chi connectivity index (χ0n) is 7.91. The molecule has 0 aliphatic carbocycles. The number of nitrogens with zero attached hydrogens (tertiary/aromatic N) is 1. The Morgan fingerprint density at radius 3 is 2.44 bits per heavy atom. The summed E-state index contributed by atoms with van der Waals surface area (Å²) in [6, 6.07) is 6.01.